The van der Waals surface area contributed by atoms with Crippen LogP contribution in [0, 0.1) is 0 Å². The highest BCUT2D eigenvalue weighted by Crippen LogP contribution is 2.28. The Morgan fingerprint density at radius 1 is 1.18 bits per heavy atom. The zero-order chi connectivity index (χ0) is 20.7. The van der Waals surface area contributed by atoms with Crippen molar-refractivity contribution in [3.8, 4) is 5.75 Å². The van der Waals surface area contributed by atoms with Crippen molar-refractivity contribution in [3.63, 3.8) is 0 Å². The van der Waals surface area contributed by atoms with E-state index >= 15 is 0 Å². The smallest absolute Gasteiger partial charge is 0.261 e. The lowest BCUT2D eigenvalue weighted by atomic mass is 10.1. The van der Waals surface area contributed by atoms with Gasteiger partial charge in [-0.05, 0) is 43.7 Å². The third kappa shape index (κ3) is 6.12. The summed E-state index contributed by atoms with van der Waals surface area (Å²) < 4.78 is 6.39. The minimum atomic E-state index is -0.687. The van der Waals surface area contributed by atoms with Crippen molar-refractivity contribution < 1.29 is 14.3 Å². The molecule has 2 aromatic carbocycles. The highest BCUT2D eigenvalue weighted by Gasteiger charge is 2.26. The van der Waals surface area contributed by atoms with Crippen LogP contribution in [0.15, 0.2) is 46.9 Å². The van der Waals surface area contributed by atoms with Crippen molar-refractivity contribution in [2.45, 2.75) is 26.4 Å². The Bertz CT molecular complexity index is 848. The molecule has 8 heteroatoms. The van der Waals surface area contributed by atoms with Gasteiger partial charge in [0.1, 0.15) is 11.8 Å². The van der Waals surface area contributed by atoms with Crippen molar-refractivity contribution in [1.82, 2.24) is 10.2 Å². The highest BCUT2D eigenvalue weighted by atomic mass is 79.9. The van der Waals surface area contributed by atoms with Crippen LogP contribution in [0.2, 0.25) is 10.0 Å². The Balaban J connectivity index is 2.18. The molecular weight excluding hydrogens is 467 g/mol. The molecule has 0 aliphatic carbocycles. The van der Waals surface area contributed by atoms with E-state index in [1.54, 1.807) is 31.2 Å². The molecule has 1 N–H and O–H groups in total. The van der Waals surface area contributed by atoms with E-state index in [9.17, 15) is 9.59 Å². The monoisotopic (exact) mass is 486 g/mol. The van der Waals surface area contributed by atoms with Crippen molar-refractivity contribution in [3.05, 3.63) is 62.5 Å². The molecule has 2 rings (SSSR count). The second-order valence-electron chi connectivity index (χ2n) is 6.05. The molecule has 2 aromatic rings. The Labute approximate surface area is 183 Å². The molecule has 0 aliphatic rings. The number of likely N-dealkylation sites (N-methyl/N-ethyl adjacent to an activating group) is 1. The molecule has 5 nitrogen and oxygen atoms in total. The fraction of sp³-hybridized carbons (Fsp3) is 0.300. The van der Waals surface area contributed by atoms with Crippen LogP contribution >= 0.6 is 39.1 Å². The molecule has 0 radical (unpaired) electrons. The number of carbonyl (C=O) groups is 2. The lowest BCUT2D eigenvalue weighted by molar-refractivity contribution is -0.142. The van der Waals surface area contributed by atoms with E-state index in [-0.39, 0.29) is 25.0 Å². The van der Waals surface area contributed by atoms with Crippen LogP contribution in [-0.2, 0) is 16.1 Å². The molecule has 0 aliphatic heterocycles. The summed E-state index contributed by atoms with van der Waals surface area (Å²) >= 11 is 15.7. The first-order chi connectivity index (χ1) is 13.3. The first-order valence-corrected chi connectivity index (χ1v) is 10.3. The minimum absolute atomic E-state index is 0.189. The van der Waals surface area contributed by atoms with Gasteiger partial charge >= 0.3 is 0 Å². The normalized spacial score (nSPS) is 11.6. The first kappa shape index (κ1) is 22.5. The van der Waals surface area contributed by atoms with E-state index in [0.29, 0.717) is 22.3 Å². The maximum atomic E-state index is 12.9. The maximum Gasteiger partial charge on any atom is 0.261 e. The van der Waals surface area contributed by atoms with Gasteiger partial charge in [-0.15, -0.1) is 0 Å². The zero-order valence-electron chi connectivity index (χ0n) is 15.5. The first-order valence-electron chi connectivity index (χ1n) is 8.72. The summed E-state index contributed by atoms with van der Waals surface area (Å²) in [6, 6.07) is 11.6. The number of hydrogen-bond acceptors (Lipinski definition) is 3. The quantitative estimate of drug-likeness (QED) is 0.587. The van der Waals surface area contributed by atoms with Gasteiger partial charge in [-0.25, -0.2) is 0 Å². The number of hydrogen-bond donors (Lipinski definition) is 1. The summed E-state index contributed by atoms with van der Waals surface area (Å²) in [5, 5.41) is 3.65. The van der Waals surface area contributed by atoms with E-state index < -0.39 is 6.04 Å². The van der Waals surface area contributed by atoms with E-state index in [1.165, 1.54) is 4.90 Å². The molecular formula is C20H21BrCl2N2O3. The summed E-state index contributed by atoms with van der Waals surface area (Å²) in [6.07, 6.45) is 0. The maximum absolute atomic E-state index is 12.9. The highest BCUT2D eigenvalue weighted by molar-refractivity contribution is 9.10. The van der Waals surface area contributed by atoms with Crippen LogP contribution in [0.5, 0.6) is 5.75 Å². The minimum Gasteiger partial charge on any atom is -0.482 e. The number of rotatable bonds is 8. The van der Waals surface area contributed by atoms with E-state index in [2.05, 4.69) is 21.2 Å². The van der Waals surface area contributed by atoms with Gasteiger partial charge in [-0.1, -0.05) is 57.3 Å². The number of nitrogens with one attached hydrogen (secondary N) is 1. The topological polar surface area (TPSA) is 58.6 Å². The number of halogens is 3. The molecule has 0 heterocycles. The third-order valence-electron chi connectivity index (χ3n) is 4.06. The number of carbonyl (C=O) groups excluding carboxylic acids is 2. The van der Waals surface area contributed by atoms with Gasteiger partial charge < -0.3 is 15.0 Å². The Kier molecular flexibility index (Phi) is 8.60. The summed E-state index contributed by atoms with van der Waals surface area (Å²) in [5.41, 5.74) is 0.746. The van der Waals surface area contributed by atoms with Gasteiger partial charge in [-0.2, -0.15) is 0 Å². The molecule has 28 heavy (non-hydrogen) atoms. The van der Waals surface area contributed by atoms with E-state index in [1.807, 2.05) is 25.1 Å². The van der Waals surface area contributed by atoms with Gasteiger partial charge in [-0.3, -0.25) is 9.59 Å². The fourth-order valence-corrected chi connectivity index (χ4v) is 3.45. The summed E-state index contributed by atoms with van der Waals surface area (Å²) in [6.45, 7) is 3.90. The van der Waals surface area contributed by atoms with Crippen LogP contribution in [0.3, 0.4) is 0 Å². The van der Waals surface area contributed by atoms with Crippen molar-refractivity contribution in [1.29, 1.82) is 0 Å². The lowest BCUT2D eigenvalue weighted by Crippen LogP contribution is -2.49. The average Bonchev–Trinajstić information content (AvgIpc) is 2.66. The van der Waals surface area contributed by atoms with Crippen molar-refractivity contribution >= 4 is 50.9 Å². The molecule has 0 aromatic heterocycles. The number of nitrogens with zero attached hydrogens (tertiary/aromatic N) is 1. The third-order valence-corrected chi connectivity index (χ3v) is 5.22. The summed E-state index contributed by atoms with van der Waals surface area (Å²) in [4.78, 5) is 26.7. The number of ether oxygens (including phenoxy) is 1. The van der Waals surface area contributed by atoms with E-state index in [4.69, 9.17) is 27.9 Å². The molecule has 0 saturated carbocycles. The van der Waals surface area contributed by atoms with Crippen LogP contribution in [0.25, 0.3) is 0 Å². The predicted octanol–water partition coefficient (Wildman–Crippen LogP) is 4.69. The number of amides is 2. The fourth-order valence-electron chi connectivity index (χ4n) is 2.53. The number of benzene rings is 2. The Hall–Kier alpha value is -1.76. The van der Waals surface area contributed by atoms with Gasteiger partial charge in [0.25, 0.3) is 5.91 Å². The summed E-state index contributed by atoms with van der Waals surface area (Å²) in [5.74, 6) is -0.205. The second kappa shape index (κ2) is 10.7. The lowest BCUT2D eigenvalue weighted by Gasteiger charge is -2.29. The molecule has 150 valence electrons. The second-order valence-corrected chi connectivity index (χ2v) is 7.78. The molecule has 2 amide bonds. The summed E-state index contributed by atoms with van der Waals surface area (Å²) in [7, 11) is 0. The predicted molar refractivity (Wildman–Crippen MR) is 115 cm³/mol. The molecule has 1 atom stereocenters. The molecule has 0 bridgehead atoms. The standard InChI is InChI=1S/C20H21BrCl2N2O3/c1-3-24-20(27)13(2)25(11-14-6-4-5-7-16(14)22)19(26)12-28-18-9-8-15(21)10-17(18)23/h4-10,13H,3,11-12H2,1-2H3,(H,24,27)/t13-/m0/s1. The van der Waals surface area contributed by atoms with Gasteiger partial charge in [0.15, 0.2) is 6.61 Å². The van der Waals surface area contributed by atoms with Crippen LogP contribution in [-0.4, -0.2) is 35.9 Å². The van der Waals surface area contributed by atoms with Crippen LogP contribution in [0.1, 0.15) is 19.4 Å². The molecule has 0 fully saturated rings. The molecule has 0 saturated heterocycles. The van der Waals surface area contributed by atoms with Crippen LogP contribution in [0.4, 0.5) is 0 Å². The van der Waals surface area contributed by atoms with Gasteiger partial charge in [0.2, 0.25) is 5.91 Å². The SMILES string of the molecule is CCNC(=O)[C@H](C)N(Cc1ccccc1Cl)C(=O)COc1ccc(Br)cc1Cl. The van der Waals surface area contributed by atoms with Gasteiger partial charge in [0, 0.05) is 22.6 Å². The largest absolute Gasteiger partial charge is 0.482 e. The zero-order valence-corrected chi connectivity index (χ0v) is 18.6. The van der Waals surface area contributed by atoms with Crippen LogP contribution < -0.4 is 10.1 Å². The van der Waals surface area contributed by atoms with Gasteiger partial charge in [0.05, 0.1) is 5.02 Å². The van der Waals surface area contributed by atoms with Crippen molar-refractivity contribution in [2.24, 2.45) is 0 Å². The average molecular weight is 488 g/mol. The molecule has 0 spiro atoms. The van der Waals surface area contributed by atoms with Crippen molar-refractivity contribution in [2.75, 3.05) is 13.2 Å². The Morgan fingerprint density at radius 3 is 2.54 bits per heavy atom. The Morgan fingerprint density at radius 2 is 1.89 bits per heavy atom. The van der Waals surface area contributed by atoms with E-state index in [0.717, 1.165) is 10.0 Å². The molecule has 0 unspecified atom stereocenters.